The lowest BCUT2D eigenvalue weighted by Gasteiger charge is -2.20. The Balaban J connectivity index is 1.09. The average molecular weight is 747 g/mol. The summed E-state index contributed by atoms with van der Waals surface area (Å²) in [5.41, 5.74) is 9.22. The van der Waals surface area contributed by atoms with Crippen LogP contribution in [0.3, 0.4) is 0 Å². The van der Waals surface area contributed by atoms with E-state index in [-0.39, 0.29) is 0 Å². The van der Waals surface area contributed by atoms with E-state index in [1.807, 2.05) is 0 Å². The molecule has 0 atom stereocenters. The van der Waals surface area contributed by atoms with Gasteiger partial charge in [-0.1, -0.05) is 194 Å². The second-order valence-electron chi connectivity index (χ2n) is 15.8. The molecule has 1 heteroatoms. The van der Waals surface area contributed by atoms with Gasteiger partial charge in [-0.15, -0.1) is 0 Å². The fourth-order valence-electron chi connectivity index (χ4n) is 10.3. The molecule has 59 heavy (non-hydrogen) atoms. The minimum absolute atomic E-state index is 0.907. The Labute approximate surface area is 340 Å². The van der Waals surface area contributed by atoms with Crippen LogP contribution in [-0.4, -0.2) is 0 Å². The molecule has 272 valence electrons. The quantitative estimate of drug-likeness (QED) is 0.130. The van der Waals surface area contributed by atoms with Crippen molar-refractivity contribution in [3.63, 3.8) is 0 Å². The van der Waals surface area contributed by atoms with Crippen LogP contribution in [0.5, 0.6) is 0 Å². The first-order valence-corrected chi connectivity index (χ1v) is 20.4. The van der Waals surface area contributed by atoms with E-state index in [9.17, 15) is 0 Å². The predicted molar refractivity (Wildman–Crippen MR) is 253 cm³/mol. The molecule has 0 aliphatic carbocycles. The van der Waals surface area contributed by atoms with Crippen molar-refractivity contribution in [1.29, 1.82) is 0 Å². The molecule has 0 radical (unpaired) electrons. The van der Waals surface area contributed by atoms with Crippen LogP contribution in [0.2, 0.25) is 0 Å². The third kappa shape index (κ3) is 4.62. The fraction of sp³-hybridized carbons (Fsp3) is 0. The van der Waals surface area contributed by atoms with Crippen molar-refractivity contribution in [2.45, 2.75) is 0 Å². The number of benzene rings is 12. The third-order valence-electron chi connectivity index (χ3n) is 12.8. The second kappa shape index (κ2) is 12.4. The highest BCUT2D eigenvalue weighted by Crippen LogP contribution is 2.49. The van der Waals surface area contributed by atoms with Crippen molar-refractivity contribution in [2.24, 2.45) is 0 Å². The second-order valence-corrected chi connectivity index (χ2v) is 15.8. The average Bonchev–Trinajstić information content (AvgIpc) is 3.71. The van der Waals surface area contributed by atoms with Crippen LogP contribution < -0.4 is 0 Å². The third-order valence-corrected chi connectivity index (χ3v) is 12.8. The fourth-order valence-corrected chi connectivity index (χ4v) is 10.3. The molecule has 0 bridgehead atoms. The zero-order valence-electron chi connectivity index (χ0n) is 32.0. The van der Waals surface area contributed by atoms with Crippen molar-refractivity contribution in [3.05, 3.63) is 206 Å². The molecule has 1 nitrogen and oxygen atoms in total. The van der Waals surface area contributed by atoms with Gasteiger partial charge >= 0.3 is 0 Å². The van der Waals surface area contributed by atoms with E-state index < -0.39 is 0 Å². The summed E-state index contributed by atoms with van der Waals surface area (Å²) in [6.07, 6.45) is 0. The Morgan fingerprint density at radius 3 is 1.34 bits per heavy atom. The van der Waals surface area contributed by atoms with E-state index in [0.29, 0.717) is 0 Å². The predicted octanol–water partition coefficient (Wildman–Crippen LogP) is 16.7. The Bertz CT molecular complexity index is 3850. The summed E-state index contributed by atoms with van der Waals surface area (Å²) in [7, 11) is 0. The smallest absolute Gasteiger partial charge is 0.143 e. The molecule has 0 unspecified atom stereocenters. The number of hydrogen-bond donors (Lipinski definition) is 0. The molecule has 0 saturated carbocycles. The number of furan rings is 1. The first-order chi connectivity index (χ1) is 29.3. The summed E-state index contributed by atoms with van der Waals surface area (Å²) >= 11 is 0. The van der Waals surface area contributed by atoms with Crippen LogP contribution in [0.15, 0.2) is 211 Å². The lowest BCUT2D eigenvalue weighted by atomic mass is 9.83. The maximum atomic E-state index is 7.02. The van der Waals surface area contributed by atoms with Crippen LogP contribution in [-0.2, 0) is 0 Å². The minimum Gasteiger partial charge on any atom is -0.455 e. The summed E-state index contributed by atoms with van der Waals surface area (Å²) in [5.74, 6) is 0. The van der Waals surface area contributed by atoms with Crippen molar-refractivity contribution >= 4 is 97.3 Å². The van der Waals surface area contributed by atoms with Gasteiger partial charge in [0.2, 0.25) is 0 Å². The van der Waals surface area contributed by atoms with Gasteiger partial charge in [-0.25, -0.2) is 0 Å². The molecule has 0 saturated heterocycles. The van der Waals surface area contributed by atoms with Crippen molar-refractivity contribution in [2.75, 3.05) is 0 Å². The first kappa shape index (κ1) is 32.4. The molecular formula is C58H34O. The molecule has 0 spiro atoms. The largest absolute Gasteiger partial charge is 0.455 e. The molecule has 0 N–H and O–H groups in total. The van der Waals surface area contributed by atoms with Gasteiger partial charge in [0.1, 0.15) is 11.2 Å². The summed E-state index contributed by atoms with van der Waals surface area (Å²) in [6.45, 7) is 0. The number of rotatable bonds is 3. The monoisotopic (exact) mass is 746 g/mol. The summed E-state index contributed by atoms with van der Waals surface area (Å²) in [5, 5.41) is 19.6. The van der Waals surface area contributed by atoms with Gasteiger partial charge in [-0.05, 0) is 116 Å². The topological polar surface area (TPSA) is 13.1 Å². The SMILES string of the molecule is c1ccc2cc(-c3c4ccccc4c(-c4ccc(-c5cc6oc7c8ccccc8c8ccccc8c7c6c6ccccc56)c5ccccc45)c4ccccc34)ccc2c1. The zero-order valence-corrected chi connectivity index (χ0v) is 32.0. The van der Waals surface area contributed by atoms with E-state index in [0.717, 1.165) is 16.6 Å². The summed E-state index contributed by atoms with van der Waals surface area (Å²) in [6, 6.07) is 75.7. The van der Waals surface area contributed by atoms with Crippen molar-refractivity contribution in [1.82, 2.24) is 0 Å². The van der Waals surface area contributed by atoms with E-state index in [4.69, 9.17) is 4.42 Å². The van der Waals surface area contributed by atoms with Gasteiger partial charge in [0.25, 0.3) is 0 Å². The molecule has 12 aromatic carbocycles. The van der Waals surface area contributed by atoms with Crippen molar-refractivity contribution < 1.29 is 4.42 Å². The van der Waals surface area contributed by atoms with E-state index in [1.165, 1.54) is 114 Å². The lowest BCUT2D eigenvalue weighted by Crippen LogP contribution is -1.93. The van der Waals surface area contributed by atoms with Crippen LogP contribution in [0.4, 0.5) is 0 Å². The van der Waals surface area contributed by atoms with Crippen LogP contribution >= 0.6 is 0 Å². The Morgan fingerprint density at radius 1 is 0.254 bits per heavy atom. The first-order valence-electron chi connectivity index (χ1n) is 20.4. The van der Waals surface area contributed by atoms with Gasteiger partial charge in [0.05, 0.1) is 0 Å². The summed E-state index contributed by atoms with van der Waals surface area (Å²) in [4.78, 5) is 0. The van der Waals surface area contributed by atoms with Crippen molar-refractivity contribution in [3.8, 4) is 33.4 Å². The molecule has 13 aromatic rings. The maximum Gasteiger partial charge on any atom is 0.143 e. The normalized spacial score (nSPS) is 12.1. The number of hydrogen-bond acceptors (Lipinski definition) is 1. The van der Waals surface area contributed by atoms with Gasteiger partial charge in [0, 0.05) is 16.2 Å². The molecule has 0 fully saturated rings. The molecule has 0 amide bonds. The van der Waals surface area contributed by atoms with Gasteiger partial charge in [0.15, 0.2) is 0 Å². The van der Waals surface area contributed by atoms with Gasteiger partial charge in [-0.3, -0.25) is 0 Å². The van der Waals surface area contributed by atoms with E-state index >= 15 is 0 Å². The summed E-state index contributed by atoms with van der Waals surface area (Å²) < 4.78 is 7.02. The Kier molecular flexibility index (Phi) is 6.79. The molecule has 0 aliphatic heterocycles. The zero-order chi connectivity index (χ0) is 38.6. The molecular weight excluding hydrogens is 713 g/mol. The van der Waals surface area contributed by atoms with E-state index in [1.54, 1.807) is 0 Å². The number of fused-ring (bicyclic) bond motifs is 14. The molecule has 0 aliphatic rings. The van der Waals surface area contributed by atoms with Gasteiger partial charge in [-0.2, -0.15) is 0 Å². The highest BCUT2D eigenvalue weighted by molar-refractivity contribution is 6.35. The minimum atomic E-state index is 0.907. The van der Waals surface area contributed by atoms with Crippen LogP contribution in [0.25, 0.3) is 131 Å². The highest BCUT2D eigenvalue weighted by atomic mass is 16.3. The Morgan fingerprint density at radius 2 is 0.695 bits per heavy atom. The standard InChI is InChI=1S/C58H34O/c1-2-16-36-33-37(30-29-35(36)15-1)54-46-24-10-12-26-48(46)55(49-27-13-11-25-47(49)54)50-32-31-43(38-17-3-4-18-39(38)50)52-34-53-56(44-22-8-6-21-42(44)52)57-45-23-9-5-19-40(45)41-20-7-14-28-51(41)58(57)59-53/h1-34H. The maximum absolute atomic E-state index is 7.02. The van der Waals surface area contributed by atoms with E-state index in [2.05, 4.69) is 206 Å². The molecule has 13 rings (SSSR count). The van der Waals surface area contributed by atoms with Gasteiger partial charge < -0.3 is 4.42 Å². The molecule has 1 aromatic heterocycles. The van der Waals surface area contributed by atoms with Crippen LogP contribution in [0.1, 0.15) is 0 Å². The van der Waals surface area contributed by atoms with Crippen LogP contribution in [0, 0.1) is 0 Å². The Hall–Kier alpha value is -7.74. The molecule has 1 heterocycles. The lowest BCUT2D eigenvalue weighted by molar-refractivity contribution is 0.673. The highest BCUT2D eigenvalue weighted by Gasteiger charge is 2.22.